The molecule has 0 saturated heterocycles. The van der Waals surface area contributed by atoms with Gasteiger partial charge < -0.3 is 9.47 Å². The van der Waals surface area contributed by atoms with Gasteiger partial charge in [-0.2, -0.15) is 0 Å². The highest BCUT2D eigenvalue weighted by atomic mass is 16.6. The summed E-state index contributed by atoms with van der Waals surface area (Å²) in [6, 6.07) is 12.2. The smallest absolute Gasteiger partial charge is 0.310 e. The van der Waals surface area contributed by atoms with E-state index in [4.69, 9.17) is 9.47 Å². The molecular formula is C17H18N2O6. The molecule has 0 saturated carbocycles. The Morgan fingerprint density at radius 2 is 1.16 bits per heavy atom. The quantitative estimate of drug-likeness (QED) is 0.526. The molecule has 0 radical (unpaired) electrons. The molecule has 0 bridgehead atoms. The molecular weight excluding hydrogens is 328 g/mol. The second-order valence-electron chi connectivity index (χ2n) is 5.54. The van der Waals surface area contributed by atoms with E-state index in [1.165, 1.54) is 24.3 Å². The van der Waals surface area contributed by atoms with E-state index < -0.39 is 9.85 Å². The molecule has 0 spiro atoms. The predicted molar refractivity (Wildman–Crippen MR) is 91.0 cm³/mol. The van der Waals surface area contributed by atoms with Crippen molar-refractivity contribution in [3.63, 3.8) is 0 Å². The molecule has 0 aliphatic rings. The third-order valence-electron chi connectivity index (χ3n) is 3.44. The van der Waals surface area contributed by atoms with Gasteiger partial charge in [-0.05, 0) is 26.0 Å². The lowest BCUT2D eigenvalue weighted by atomic mass is 10.2. The molecule has 2 rings (SSSR count). The molecule has 0 aromatic heterocycles. The first-order chi connectivity index (χ1) is 11.9. The first-order valence-corrected chi connectivity index (χ1v) is 7.68. The Hall–Kier alpha value is -3.16. The molecule has 0 aliphatic carbocycles. The summed E-state index contributed by atoms with van der Waals surface area (Å²) in [7, 11) is 0. The second kappa shape index (κ2) is 8.09. The van der Waals surface area contributed by atoms with Crippen LogP contribution in [0.15, 0.2) is 48.5 Å². The molecule has 0 heterocycles. The summed E-state index contributed by atoms with van der Waals surface area (Å²) in [5, 5.41) is 22.0. The molecule has 8 heteroatoms. The average Bonchev–Trinajstić information content (AvgIpc) is 2.55. The van der Waals surface area contributed by atoms with Gasteiger partial charge in [0, 0.05) is 18.6 Å². The number of ether oxygens (including phenoxy) is 2. The normalized spacial score (nSPS) is 12.9. The summed E-state index contributed by atoms with van der Waals surface area (Å²) in [6.45, 7) is 3.52. The summed E-state index contributed by atoms with van der Waals surface area (Å²) in [6.07, 6.45) is -0.351. The van der Waals surface area contributed by atoms with E-state index in [2.05, 4.69) is 0 Å². The number of hydrogen-bond acceptors (Lipinski definition) is 6. The standard InChI is InChI=1S/C17H18N2O6/c1-12(24-16-9-5-3-7-14(16)18(20)21)11-13(2)25-17-10-6-4-8-15(17)19(22)23/h3-10,12-13H,11H2,1-2H3/t12-,13-/m1/s1. The lowest BCUT2D eigenvalue weighted by Gasteiger charge is -2.20. The highest BCUT2D eigenvalue weighted by Crippen LogP contribution is 2.29. The summed E-state index contributed by atoms with van der Waals surface area (Å²) in [5.74, 6) is 0.357. The molecule has 0 N–H and O–H groups in total. The van der Waals surface area contributed by atoms with Crippen molar-refractivity contribution in [2.24, 2.45) is 0 Å². The van der Waals surface area contributed by atoms with E-state index in [0.717, 1.165) is 0 Å². The van der Waals surface area contributed by atoms with Gasteiger partial charge >= 0.3 is 11.4 Å². The molecule has 0 unspecified atom stereocenters. The zero-order valence-corrected chi connectivity index (χ0v) is 13.8. The van der Waals surface area contributed by atoms with Crippen molar-refractivity contribution in [3.05, 3.63) is 68.8 Å². The Bertz CT molecular complexity index is 701. The predicted octanol–water partition coefficient (Wildman–Crippen LogP) is 4.13. The SMILES string of the molecule is C[C@H](C[C@@H](C)Oc1ccccc1[N+](=O)[O-])Oc1ccccc1[N+](=O)[O-]. The number of nitro groups is 2. The Morgan fingerprint density at radius 3 is 1.52 bits per heavy atom. The largest absolute Gasteiger partial charge is 0.484 e. The van der Waals surface area contributed by atoms with Crippen LogP contribution >= 0.6 is 0 Å². The minimum absolute atomic E-state index is 0.110. The van der Waals surface area contributed by atoms with Gasteiger partial charge in [-0.25, -0.2) is 0 Å². The number of hydrogen-bond donors (Lipinski definition) is 0. The van der Waals surface area contributed by atoms with Crippen LogP contribution in [0.2, 0.25) is 0 Å². The highest BCUT2D eigenvalue weighted by molar-refractivity contribution is 5.46. The van der Waals surface area contributed by atoms with Gasteiger partial charge in [0.25, 0.3) is 0 Å². The van der Waals surface area contributed by atoms with E-state index in [1.807, 2.05) is 0 Å². The van der Waals surface area contributed by atoms with E-state index in [-0.39, 0.29) is 35.1 Å². The summed E-state index contributed by atoms with van der Waals surface area (Å²) >= 11 is 0. The number of nitro benzene ring substituents is 2. The van der Waals surface area contributed by atoms with Crippen LogP contribution < -0.4 is 9.47 Å². The molecule has 2 aromatic rings. The fourth-order valence-electron chi connectivity index (χ4n) is 2.41. The van der Waals surface area contributed by atoms with Gasteiger partial charge in [-0.3, -0.25) is 20.2 Å². The molecule has 8 nitrogen and oxygen atoms in total. The second-order valence-corrected chi connectivity index (χ2v) is 5.54. The summed E-state index contributed by atoms with van der Waals surface area (Å²) in [4.78, 5) is 21.0. The van der Waals surface area contributed by atoms with Gasteiger partial charge in [0.05, 0.1) is 22.1 Å². The van der Waals surface area contributed by atoms with Crippen LogP contribution in [0.5, 0.6) is 11.5 Å². The number of para-hydroxylation sites is 4. The van der Waals surface area contributed by atoms with E-state index in [9.17, 15) is 20.2 Å². The van der Waals surface area contributed by atoms with Crippen molar-refractivity contribution < 1.29 is 19.3 Å². The van der Waals surface area contributed by atoms with Gasteiger partial charge in [0.2, 0.25) is 0 Å². The highest BCUT2D eigenvalue weighted by Gasteiger charge is 2.20. The maximum Gasteiger partial charge on any atom is 0.310 e. The van der Waals surface area contributed by atoms with Crippen LogP contribution in [0.25, 0.3) is 0 Å². The van der Waals surface area contributed by atoms with E-state index in [0.29, 0.717) is 6.42 Å². The lowest BCUT2D eigenvalue weighted by molar-refractivity contribution is -0.386. The molecule has 132 valence electrons. The summed E-state index contributed by atoms with van der Waals surface area (Å²) < 4.78 is 11.3. The molecule has 2 atom stereocenters. The first kappa shape index (κ1) is 18.2. The van der Waals surface area contributed by atoms with Gasteiger partial charge in [0.1, 0.15) is 0 Å². The molecule has 2 aromatic carbocycles. The zero-order valence-electron chi connectivity index (χ0n) is 13.8. The average molecular weight is 346 g/mol. The summed E-state index contributed by atoms with van der Waals surface area (Å²) in [5.41, 5.74) is -0.219. The van der Waals surface area contributed by atoms with Crippen molar-refractivity contribution in [3.8, 4) is 11.5 Å². The number of nitrogens with zero attached hydrogens (tertiary/aromatic N) is 2. The van der Waals surface area contributed by atoms with Crippen LogP contribution in [0, 0.1) is 20.2 Å². The zero-order chi connectivity index (χ0) is 18.4. The Labute approximate surface area is 144 Å². The van der Waals surface area contributed by atoms with Crippen LogP contribution in [0.3, 0.4) is 0 Å². The fraction of sp³-hybridized carbons (Fsp3) is 0.294. The minimum Gasteiger partial charge on any atom is -0.484 e. The molecule has 0 fully saturated rings. The molecule has 0 amide bonds. The maximum absolute atomic E-state index is 11.0. The van der Waals surface area contributed by atoms with Crippen molar-refractivity contribution >= 4 is 11.4 Å². The van der Waals surface area contributed by atoms with Crippen molar-refractivity contribution in [1.29, 1.82) is 0 Å². The molecule has 25 heavy (non-hydrogen) atoms. The third kappa shape index (κ3) is 4.90. The van der Waals surface area contributed by atoms with Gasteiger partial charge in [0.15, 0.2) is 11.5 Å². The lowest BCUT2D eigenvalue weighted by Crippen LogP contribution is -2.23. The van der Waals surface area contributed by atoms with Crippen LogP contribution in [-0.4, -0.2) is 22.1 Å². The Kier molecular flexibility index (Phi) is 5.89. The minimum atomic E-state index is -0.505. The van der Waals surface area contributed by atoms with Crippen LogP contribution in [0.1, 0.15) is 20.3 Å². The first-order valence-electron chi connectivity index (χ1n) is 7.68. The van der Waals surface area contributed by atoms with Crippen LogP contribution in [-0.2, 0) is 0 Å². The van der Waals surface area contributed by atoms with Crippen molar-refractivity contribution in [2.75, 3.05) is 0 Å². The van der Waals surface area contributed by atoms with Gasteiger partial charge in [-0.15, -0.1) is 0 Å². The fourth-order valence-corrected chi connectivity index (χ4v) is 2.41. The topological polar surface area (TPSA) is 105 Å². The monoisotopic (exact) mass is 346 g/mol. The van der Waals surface area contributed by atoms with Gasteiger partial charge in [-0.1, -0.05) is 24.3 Å². The van der Waals surface area contributed by atoms with E-state index >= 15 is 0 Å². The number of rotatable bonds is 8. The van der Waals surface area contributed by atoms with Crippen molar-refractivity contribution in [2.45, 2.75) is 32.5 Å². The third-order valence-corrected chi connectivity index (χ3v) is 3.44. The Balaban J connectivity index is 2.01. The van der Waals surface area contributed by atoms with E-state index in [1.54, 1.807) is 38.1 Å². The van der Waals surface area contributed by atoms with Crippen LogP contribution in [0.4, 0.5) is 11.4 Å². The molecule has 0 aliphatic heterocycles. The number of benzene rings is 2. The Morgan fingerprint density at radius 1 is 0.800 bits per heavy atom. The maximum atomic E-state index is 11.0. The van der Waals surface area contributed by atoms with Crippen molar-refractivity contribution in [1.82, 2.24) is 0 Å².